The number of hydrogen-bond donors (Lipinski definition) is 1. The summed E-state index contributed by atoms with van der Waals surface area (Å²) in [4.78, 5) is 0. The van der Waals surface area contributed by atoms with Crippen molar-refractivity contribution in [2.75, 3.05) is 5.32 Å². The van der Waals surface area contributed by atoms with Crippen molar-refractivity contribution < 1.29 is 0 Å². The SMILES string of the molecule is Cc1ccccc1Nc1nnc(S[C@@H](C)C#N)s1. The fraction of sp³-hybridized carbons (Fsp3) is 0.250. The van der Waals surface area contributed by atoms with E-state index in [2.05, 4.69) is 21.6 Å². The Balaban J connectivity index is 2.08. The standard InChI is InChI=1S/C12H12N4S2/c1-8-5-3-4-6-10(8)14-11-15-16-12(18-11)17-9(2)7-13/h3-6,9H,1-2H3,(H,14,15)/t9-/m0/s1. The van der Waals surface area contributed by atoms with Gasteiger partial charge in [-0.1, -0.05) is 41.3 Å². The van der Waals surface area contributed by atoms with Crippen LogP contribution in [0.5, 0.6) is 0 Å². The van der Waals surface area contributed by atoms with Crippen LogP contribution in [0, 0.1) is 18.3 Å². The van der Waals surface area contributed by atoms with E-state index in [4.69, 9.17) is 5.26 Å². The zero-order valence-electron chi connectivity index (χ0n) is 10.0. The zero-order chi connectivity index (χ0) is 13.0. The summed E-state index contributed by atoms with van der Waals surface area (Å²) in [6, 6.07) is 10.2. The molecule has 4 nitrogen and oxygen atoms in total. The first kappa shape index (κ1) is 12.9. The molecule has 0 spiro atoms. The number of para-hydroxylation sites is 1. The minimum atomic E-state index is -0.107. The van der Waals surface area contributed by atoms with Crippen LogP contribution in [0.3, 0.4) is 0 Å². The number of anilines is 2. The van der Waals surface area contributed by atoms with Gasteiger partial charge in [0.25, 0.3) is 0 Å². The number of benzene rings is 1. The first-order valence-corrected chi connectivity index (χ1v) is 7.11. The van der Waals surface area contributed by atoms with E-state index in [1.54, 1.807) is 0 Å². The lowest BCUT2D eigenvalue weighted by molar-refractivity contribution is 1.01. The number of nitriles is 1. The summed E-state index contributed by atoms with van der Waals surface area (Å²) >= 11 is 2.88. The highest BCUT2D eigenvalue weighted by molar-refractivity contribution is 8.01. The Morgan fingerprint density at radius 3 is 2.89 bits per heavy atom. The summed E-state index contributed by atoms with van der Waals surface area (Å²) in [6.45, 7) is 3.89. The second-order valence-corrected chi connectivity index (χ2v) is 6.27. The highest BCUT2D eigenvalue weighted by Crippen LogP contribution is 2.30. The van der Waals surface area contributed by atoms with E-state index in [1.807, 2.05) is 38.1 Å². The number of aryl methyl sites for hydroxylation is 1. The van der Waals surface area contributed by atoms with E-state index in [0.717, 1.165) is 20.7 Å². The largest absolute Gasteiger partial charge is 0.330 e. The van der Waals surface area contributed by atoms with Crippen LogP contribution >= 0.6 is 23.1 Å². The fourth-order valence-electron chi connectivity index (χ4n) is 1.31. The average molecular weight is 276 g/mol. The number of aromatic nitrogens is 2. The lowest BCUT2D eigenvalue weighted by Gasteiger charge is -2.04. The van der Waals surface area contributed by atoms with Gasteiger partial charge in [-0.05, 0) is 25.5 Å². The van der Waals surface area contributed by atoms with Crippen LogP contribution in [0.2, 0.25) is 0 Å². The number of thioether (sulfide) groups is 1. The van der Waals surface area contributed by atoms with Crippen molar-refractivity contribution in [3.05, 3.63) is 29.8 Å². The molecule has 18 heavy (non-hydrogen) atoms. The van der Waals surface area contributed by atoms with Crippen molar-refractivity contribution in [1.29, 1.82) is 5.26 Å². The monoisotopic (exact) mass is 276 g/mol. The van der Waals surface area contributed by atoms with Crippen LogP contribution in [0.15, 0.2) is 28.6 Å². The normalized spacial score (nSPS) is 11.8. The number of nitrogens with one attached hydrogen (secondary N) is 1. The summed E-state index contributed by atoms with van der Waals surface area (Å²) in [5.41, 5.74) is 2.19. The molecule has 0 amide bonds. The first-order chi connectivity index (χ1) is 8.69. The van der Waals surface area contributed by atoms with Gasteiger partial charge in [0.05, 0.1) is 11.3 Å². The summed E-state index contributed by atoms with van der Waals surface area (Å²) in [5.74, 6) is 0. The minimum Gasteiger partial charge on any atom is -0.330 e. The van der Waals surface area contributed by atoms with Crippen molar-refractivity contribution in [3.63, 3.8) is 0 Å². The van der Waals surface area contributed by atoms with Gasteiger partial charge < -0.3 is 5.32 Å². The molecule has 0 fully saturated rings. The van der Waals surface area contributed by atoms with Crippen molar-refractivity contribution in [3.8, 4) is 6.07 Å². The topological polar surface area (TPSA) is 61.6 Å². The molecule has 1 aromatic heterocycles. The minimum absolute atomic E-state index is 0.107. The van der Waals surface area contributed by atoms with Crippen LogP contribution in [0.4, 0.5) is 10.8 Å². The van der Waals surface area contributed by atoms with Gasteiger partial charge in [0, 0.05) is 5.69 Å². The van der Waals surface area contributed by atoms with E-state index in [9.17, 15) is 0 Å². The molecule has 1 heterocycles. The van der Waals surface area contributed by atoms with Gasteiger partial charge >= 0.3 is 0 Å². The molecule has 0 saturated heterocycles. The van der Waals surface area contributed by atoms with Crippen molar-refractivity contribution in [2.24, 2.45) is 0 Å². The molecule has 0 aliphatic rings. The molecule has 0 saturated carbocycles. The van der Waals surface area contributed by atoms with Crippen LogP contribution in [-0.2, 0) is 0 Å². The van der Waals surface area contributed by atoms with Crippen molar-refractivity contribution in [1.82, 2.24) is 10.2 Å². The maximum atomic E-state index is 8.74. The summed E-state index contributed by atoms with van der Waals surface area (Å²) in [6.07, 6.45) is 0. The molecular weight excluding hydrogens is 264 g/mol. The van der Waals surface area contributed by atoms with Crippen LogP contribution in [-0.4, -0.2) is 15.4 Å². The number of rotatable bonds is 4. The summed E-state index contributed by atoms with van der Waals surface area (Å²) in [7, 11) is 0. The van der Waals surface area contributed by atoms with E-state index in [1.165, 1.54) is 23.1 Å². The third kappa shape index (κ3) is 3.22. The quantitative estimate of drug-likeness (QED) is 0.865. The van der Waals surface area contributed by atoms with Gasteiger partial charge in [-0.3, -0.25) is 0 Å². The lowest BCUT2D eigenvalue weighted by Crippen LogP contribution is -1.91. The molecule has 1 atom stereocenters. The Morgan fingerprint density at radius 1 is 1.39 bits per heavy atom. The zero-order valence-corrected chi connectivity index (χ0v) is 11.7. The smallest absolute Gasteiger partial charge is 0.210 e. The van der Waals surface area contributed by atoms with E-state index >= 15 is 0 Å². The van der Waals surface area contributed by atoms with Crippen LogP contribution < -0.4 is 5.32 Å². The highest BCUT2D eigenvalue weighted by Gasteiger charge is 2.09. The second-order valence-electron chi connectivity index (χ2n) is 3.70. The molecule has 2 rings (SSSR count). The number of hydrogen-bond acceptors (Lipinski definition) is 6. The molecule has 0 aliphatic heterocycles. The summed E-state index contributed by atoms with van der Waals surface area (Å²) < 4.78 is 0.806. The lowest BCUT2D eigenvalue weighted by atomic mass is 10.2. The number of nitrogens with zero attached hydrogens (tertiary/aromatic N) is 3. The van der Waals surface area contributed by atoms with Crippen molar-refractivity contribution >= 4 is 33.9 Å². The van der Waals surface area contributed by atoms with Gasteiger partial charge in [-0.25, -0.2) is 0 Å². The van der Waals surface area contributed by atoms with E-state index in [0.29, 0.717) is 0 Å². The molecule has 0 radical (unpaired) electrons. The van der Waals surface area contributed by atoms with E-state index < -0.39 is 0 Å². The molecule has 1 N–H and O–H groups in total. The molecule has 6 heteroatoms. The van der Waals surface area contributed by atoms with Gasteiger partial charge in [0.1, 0.15) is 0 Å². The molecule has 92 valence electrons. The molecule has 0 unspecified atom stereocenters. The average Bonchev–Trinajstić information content (AvgIpc) is 2.79. The Labute approximate surface area is 114 Å². The predicted molar refractivity (Wildman–Crippen MR) is 75.3 cm³/mol. The third-order valence-electron chi connectivity index (χ3n) is 2.25. The Hall–Kier alpha value is -1.58. The highest BCUT2D eigenvalue weighted by atomic mass is 32.2. The third-order valence-corrected chi connectivity index (χ3v) is 4.17. The maximum absolute atomic E-state index is 8.74. The van der Waals surface area contributed by atoms with Gasteiger partial charge in [-0.15, -0.1) is 10.2 Å². The first-order valence-electron chi connectivity index (χ1n) is 5.41. The van der Waals surface area contributed by atoms with E-state index in [-0.39, 0.29) is 5.25 Å². The Kier molecular flexibility index (Phi) is 4.18. The second kappa shape index (κ2) is 5.85. The maximum Gasteiger partial charge on any atom is 0.210 e. The van der Waals surface area contributed by atoms with Crippen molar-refractivity contribution in [2.45, 2.75) is 23.4 Å². The Morgan fingerprint density at radius 2 is 2.17 bits per heavy atom. The van der Waals surface area contributed by atoms with Gasteiger partial charge in [-0.2, -0.15) is 5.26 Å². The predicted octanol–water partition coefficient (Wildman–Crippen LogP) is 3.59. The van der Waals surface area contributed by atoms with Crippen LogP contribution in [0.25, 0.3) is 0 Å². The fourth-order valence-corrected chi connectivity index (χ4v) is 3.11. The molecule has 0 aliphatic carbocycles. The Bertz CT molecular complexity index is 573. The molecule has 0 bridgehead atoms. The van der Waals surface area contributed by atoms with Crippen LogP contribution in [0.1, 0.15) is 12.5 Å². The molecular formula is C12H12N4S2. The molecule has 2 aromatic rings. The molecule has 1 aromatic carbocycles. The van der Waals surface area contributed by atoms with Gasteiger partial charge in [0.15, 0.2) is 4.34 Å². The summed E-state index contributed by atoms with van der Waals surface area (Å²) in [5, 5.41) is 20.7. The van der Waals surface area contributed by atoms with Gasteiger partial charge in [0.2, 0.25) is 5.13 Å².